The number of hydrogen-bond acceptors (Lipinski definition) is 4. The molecule has 0 heterocycles. The second kappa shape index (κ2) is 6.00. The molecule has 0 spiro atoms. The molecule has 0 fully saturated rings. The number of benzene rings is 1. The van der Waals surface area contributed by atoms with E-state index in [0.717, 1.165) is 11.1 Å². The monoisotopic (exact) mass is 221 g/mol. The molecule has 1 rings (SSSR count). The first kappa shape index (κ1) is 12.4. The summed E-state index contributed by atoms with van der Waals surface area (Å²) >= 11 is 0. The van der Waals surface area contributed by atoms with Gasteiger partial charge in [-0.05, 0) is 25.0 Å². The first-order chi connectivity index (χ1) is 7.63. The molecule has 4 heteroatoms. The Kier molecular flexibility index (Phi) is 4.64. The molecule has 0 saturated carbocycles. The van der Waals surface area contributed by atoms with Gasteiger partial charge in [-0.2, -0.15) is 4.91 Å². The van der Waals surface area contributed by atoms with E-state index in [2.05, 4.69) is 5.18 Å². The lowest BCUT2D eigenvalue weighted by Crippen LogP contribution is -2.14. The summed E-state index contributed by atoms with van der Waals surface area (Å²) in [7, 11) is 0. The topological polar surface area (TPSA) is 55.7 Å². The van der Waals surface area contributed by atoms with Crippen LogP contribution in [0.15, 0.2) is 29.4 Å². The molecule has 0 unspecified atom stereocenters. The Morgan fingerprint density at radius 3 is 2.50 bits per heavy atom. The third kappa shape index (κ3) is 3.81. The van der Waals surface area contributed by atoms with E-state index in [9.17, 15) is 9.70 Å². The second-order valence-corrected chi connectivity index (χ2v) is 3.77. The van der Waals surface area contributed by atoms with Crippen LogP contribution in [0.3, 0.4) is 0 Å². The smallest absolute Gasteiger partial charge is 0.310 e. The number of hydrogen-bond donors (Lipinski definition) is 0. The van der Waals surface area contributed by atoms with Crippen LogP contribution in [0.25, 0.3) is 0 Å². The minimum atomic E-state index is -0.284. The Morgan fingerprint density at radius 1 is 1.31 bits per heavy atom. The molecule has 16 heavy (non-hydrogen) atoms. The van der Waals surface area contributed by atoms with Crippen molar-refractivity contribution >= 4 is 5.97 Å². The van der Waals surface area contributed by atoms with Gasteiger partial charge >= 0.3 is 5.97 Å². The summed E-state index contributed by atoms with van der Waals surface area (Å²) < 4.78 is 5.04. The maximum atomic E-state index is 11.4. The lowest BCUT2D eigenvalue weighted by atomic mass is 10.0. The average molecular weight is 221 g/mol. The number of nitrogens with zero attached hydrogens (tertiary/aromatic N) is 1. The fourth-order valence-electron chi connectivity index (χ4n) is 1.41. The van der Waals surface area contributed by atoms with Gasteiger partial charge in [-0.1, -0.05) is 29.4 Å². The van der Waals surface area contributed by atoms with E-state index in [4.69, 9.17) is 4.74 Å². The fourth-order valence-corrected chi connectivity index (χ4v) is 1.41. The number of carbonyl (C=O) groups excluding carboxylic acids is 1. The molecular weight excluding hydrogens is 206 g/mol. The minimum Gasteiger partial charge on any atom is -0.463 e. The van der Waals surface area contributed by atoms with Crippen molar-refractivity contribution in [2.75, 3.05) is 0 Å². The maximum Gasteiger partial charge on any atom is 0.310 e. The van der Waals surface area contributed by atoms with E-state index >= 15 is 0 Å². The molecule has 0 radical (unpaired) electrons. The van der Waals surface area contributed by atoms with Crippen LogP contribution in [-0.4, -0.2) is 12.1 Å². The van der Waals surface area contributed by atoms with Gasteiger partial charge in [0.15, 0.2) is 0 Å². The predicted octanol–water partition coefficient (Wildman–Crippen LogP) is 2.45. The Bertz CT molecular complexity index is 374. The maximum absolute atomic E-state index is 11.4. The van der Waals surface area contributed by atoms with Gasteiger partial charge in [-0.3, -0.25) is 4.79 Å². The first-order valence-electron chi connectivity index (χ1n) is 5.19. The zero-order valence-electron chi connectivity index (χ0n) is 9.47. The average Bonchev–Trinajstić information content (AvgIpc) is 2.20. The fraction of sp³-hybridized carbons (Fsp3) is 0.417. The second-order valence-electron chi connectivity index (χ2n) is 3.77. The highest BCUT2D eigenvalue weighted by Crippen LogP contribution is 2.11. The molecule has 86 valence electrons. The molecule has 0 aliphatic carbocycles. The van der Waals surface area contributed by atoms with Crippen molar-refractivity contribution in [3.05, 3.63) is 40.3 Å². The summed E-state index contributed by atoms with van der Waals surface area (Å²) in [4.78, 5) is 21.7. The van der Waals surface area contributed by atoms with E-state index in [1.54, 1.807) is 19.9 Å². The van der Waals surface area contributed by atoms with Gasteiger partial charge < -0.3 is 4.74 Å². The van der Waals surface area contributed by atoms with Crippen molar-refractivity contribution in [3.63, 3.8) is 0 Å². The van der Waals surface area contributed by atoms with Crippen LogP contribution in [0.2, 0.25) is 0 Å². The SMILES string of the molecule is CC(C)OC(=O)Cc1ccccc1CN=O. The van der Waals surface area contributed by atoms with Gasteiger partial charge in [0.25, 0.3) is 0 Å². The summed E-state index contributed by atoms with van der Waals surface area (Å²) in [6.45, 7) is 3.69. The van der Waals surface area contributed by atoms with Gasteiger partial charge in [0, 0.05) is 0 Å². The van der Waals surface area contributed by atoms with Crippen molar-refractivity contribution in [3.8, 4) is 0 Å². The molecule has 0 atom stereocenters. The quantitative estimate of drug-likeness (QED) is 0.566. The summed E-state index contributed by atoms with van der Waals surface area (Å²) in [5, 5.41) is 2.83. The van der Waals surface area contributed by atoms with E-state index in [-0.39, 0.29) is 25.0 Å². The highest BCUT2D eigenvalue weighted by atomic mass is 16.5. The van der Waals surface area contributed by atoms with E-state index in [1.807, 2.05) is 18.2 Å². The van der Waals surface area contributed by atoms with Crippen LogP contribution in [0.1, 0.15) is 25.0 Å². The third-order valence-corrected chi connectivity index (χ3v) is 2.06. The normalized spacial score (nSPS) is 10.2. The number of rotatable bonds is 5. The van der Waals surface area contributed by atoms with E-state index in [1.165, 1.54) is 0 Å². The Balaban J connectivity index is 2.72. The zero-order valence-corrected chi connectivity index (χ0v) is 9.47. The van der Waals surface area contributed by atoms with Crippen molar-refractivity contribution < 1.29 is 9.53 Å². The van der Waals surface area contributed by atoms with Crippen LogP contribution in [-0.2, 0) is 22.5 Å². The van der Waals surface area contributed by atoms with Gasteiger partial charge in [0.1, 0.15) is 6.54 Å². The Hall–Kier alpha value is -1.71. The van der Waals surface area contributed by atoms with Crippen LogP contribution < -0.4 is 0 Å². The largest absolute Gasteiger partial charge is 0.463 e. The van der Waals surface area contributed by atoms with Crippen LogP contribution in [0.5, 0.6) is 0 Å². The van der Waals surface area contributed by atoms with Crippen molar-refractivity contribution in [2.24, 2.45) is 5.18 Å². The molecular formula is C12H15NO3. The Labute approximate surface area is 94.6 Å². The summed E-state index contributed by atoms with van der Waals surface area (Å²) in [6, 6.07) is 7.24. The molecule has 0 bridgehead atoms. The number of nitroso groups, excluding NO2 is 1. The van der Waals surface area contributed by atoms with Crippen LogP contribution in [0.4, 0.5) is 0 Å². The predicted molar refractivity (Wildman–Crippen MR) is 60.9 cm³/mol. The highest BCUT2D eigenvalue weighted by Gasteiger charge is 2.10. The Morgan fingerprint density at radius 2 is 1.94 bits per heavy atom. The zero-order chi connectivity index (χ0) is 12.0. The van der Waals surface area contributed by atoms with Gasteiger partial charge in [0.05, 0.1) is 12.5 Å². The van der Waals surface area contributed by atoms with Crippen LogP contribution >= 0.6 is 0 Å². The molecule has 0 N–H and O–H groups in total. The molecule has 0 aliphatic heterocycles. The lowest BCUT2D eigenvalue weighted by Gasteiger charge is -2.09. The van der Waals surface area contributed by atoms with Crippen molar-refractivity contribution in [2.45, 2.75) is 32.9 Å². The summed E-state index contributed by atoms with van der Waals surface area (Å²) in [5.41, 5.74) is 1.57. The van der Waals surface area contributed by atoms with Gasteiger partial charge in [0.2, 0.25) is 0 Å². The van der Waals surface area contributed by atoms with E-state index < -0.39 is 0 Å². The summed E-state index contributed by atoms with van der Waals surface area (Å²) in [6.07, 6.45) is 0.0630. The number of ether oxygens (including phenoxy) is 1. The van der Waals surface area contributed by atoms with Gasteiger partial charge in [-0.25, -0.2) is 0 Å². The van der Waals surface area contributed by atoms with Crippen molar-refractivity contribution in [1.82, 2.24) is 0 Å². The van der Waals surface area contributed by atoms with E-state index in [0.29, 0.717) is 0 Å². The molecule has 0 amide bonds. The van der Waals surface area contributed by atoms with Crippen molar-refractivity contribution in [1.29, 1.82) is 0 Å². The molecule has 0 saturated heterocycles. The number of carbonyl (C=O) groups is 1. The van der Waals surface area contributed by atoms with Crippen LogP contribution in [0, 0.1) is 4.91 Å². The van der Waals surface area contributed by atoms with Gasteiger partial charge in [-0.15, -0.1) is 0 Å². The molecule has 1 aromatic rings. The molecule has 0 aliphatic rings. The third-order valence-electron chi connectivity index (χ3n) is 2.06. The standard InChI is InChI=1S/C12H15NO3/c1-9(2)16-12(14)7-10-5-3-4-6-11(10)8-13-15/h3-6,9H,7-8H2,1-2H3. The lowest BCUT2D eigenvalue weighted by molar-refractivity contribution is -0.146. The summed E-state index contributed by atoms with van der Waals surface area (Å²) in [5.74, 6) is -0.284. The molecule has 4 nitrogen and oxygen atoms in total. The number of esters is 1. The molecule has 0 aromatic heterocycles. The highest BCUT2D eigenvalue weighted by molar-refractivity contribution is 5.73. The molecule has 1 aromatic carbocycles. The first-order valence-corrected chi connectivity index (χ1v) is 5.19. The minimum absolute atomic E-state index is 0.0884.